The Morgan fingerprint density at radius 1 is 0.939 bits per heavy atom. The summed E-state index contributed by atoms with van der Waals surface area (Å²) in [4.78, 5) is 12.6. The molecule has 3 N–H and O–H groups in total. The quantitative estimate of drug-likeness (QED) is 0.380. The highest BCUT2D eigenvalue weighted by molar-refractivity contribution is 5.97. The molecule has 0 atom stereocenters. The molecule has 5 rings (SSSR count). The maximum Gasteiger partial charge on any atom is 0.275 e. The van der Waals surface area contributed by atoms with Crippen LogP contribution in [0.5, 0.6) is 17.2 Å². The first-order chi connectivity index (χ1) is 16.2. The standard InChI is InChI=1S/C24H21N5O4/c30-24(25-13-17-6-11-20-21(12-17)33-15-32-20)22-23(28-29-27-22)26-18-7-9-19(10-8-18)31-14-16-4-2-1-3-5-16/h1-12H,13-15H2,(H,25,30)(H2,26,27,28,29). The van der Waals surface area contributed by atoms with E-state index in [0.29, 0.717) is 30.5 Å². The van der Waals surface area contributed by atoms with E-state index in [-0.39, 0.29) is 18.4 Å². The van der Waals surface area contributed by atoms with Crippen LogP contribution in [0, 0.1) is 0 Å². The summed E-state index contributed by atoms with van der Waals surface area (Å²) < 4.78 is 16.5. The summed E-state index contributed by atoms with van der Waals surface area (Å²) in [6.45, 7) is 1.01. The van der Waals surface area contributed by atoms with Crippen LogP contribution < -0.4 is 24.8 Å². The first-order valence-corrected chi connectivity index (χ1v) is 10.4. The Bertz CT molecular complexity index is 1240. The maximum absolute atomic E-state index is 12.6. The fourth-order valence-corrected chi connectivity index (χ4v) is 3.31. The molecule has 0 bridgehead atoms. The third kappa shape index (κ3) is 4.87. The van der Waals surface area contributed by atoms with Gasteiger partial charge in [-0.05, 0) is 47.5 Å². The summed E-state index contributed by atoms with van der Waals surface area (Å²) in [5, 5.41) is 16.5. The minimum absolute atomic E-state index is 0.167. The van der Waals surface area contributed by atoms with Crippen LogP contribution in [0.25, 0.3) is 0 Å². The predicted octanol–water partition coefficient (Wildman–Crippen LogP) is 3.79. The molecule has 0 saturated heterocycles. The van der Waals surface area contributed by atoms with Crippen molar-refractivity contribution in [3.63, 3.8) is 0 Å². The minimum Gasteiger partial charge on any atom is -0.489 e. The zero-order chi connectivity index (χ0) is 22.5. The second-order valence-corrected chi connectivity index (χ2v) is 7.31. The Hall–Kier alpha value is -4.53. The number of anilines is 2. The number of rotatable bonds is 8. The lowest BCUT2D eigenvalue weighted by Crippen LogP contribution is -2.24. The number of hydrogen-bond acceptors (Lipinski definition) is 7. The van der Waals surface area contributed by atoms with Crippen molar-refractivity contribution >= 4 is 17.4 Å². The van der Waals surface area contributed by atoms with Crippen LogP contribution in [-0.2, 0) is 13.2 Å². The van der Waals surface area contributed by atoms with Crippen LogP contribution in [0.1, 0.15) is 21.6 Å². The van der Waals surface area contributed by atoms with Crippen molar-refractivity contribution < 1.29 is 19.0 Å². The molecule has 0 unspecified atom stereocenters. The van der Waals surface area contributed by atoms with Gasteiger partial charge in [0.2, 0.25) is 6.79 Å². The van der Waals surface area contributed by atoms with Crippen LogP contribution in [0.2, 0.25) is 0 Å². The summed E-state index contributed by atoms with van der Waals surface area (Å²) in [6.07, 6.45) is 0. The van der Waals surface area contributed by atoms with Crippen molar-refractivity contribution in [2.45, 2.75) is 13.2 Å². The molecule has 0 spiro atoms. The average Bonchev–Trinajstić information content (AvgIpc) is 3.52. The summed E-state index contributed by atoms with van der Waals surface area (Å²) in [5.74, 6) is 2.08. The van der Waals surface area contributed by atoms with Gasteiger partial charge in [-0.1, -0.05) is 36.4 Å². The third-order valence-electron chi connectivity index (χ3n) is 5.02. The number of aromatic nitrogens is 3. The topological polar surface area (TPSA) is 110 Å². The lowest BCUT2D eigenvalue weighted by Gasteiger charge is -2.09. The number of benzene rings is 3. The summed E-state index contributed by atoms with van der Waals surface area (Å²) in [5.41, 5.74) is 2.90. The lowest BCUT2D eigenvalue weighted by atomic mass is 10.2. The van der Waals surface area contributed by atoms with E-state index in [4.69, 9.17) is 14.2 Å². The van der Waals surface area contributed by atoms with Crippen LogP contribution in [-0.4, -0.2) is 28.1 Å². The third-order valence-corrected chi connectivity index (χ3v) is 5.02. The molecule has 4 aromatic rings. The zero-order valence-electron chi connectivity index (χ0n) is 17.6. The monoisotopic (exact) mass is 443 g/mol. The highest BCUT2D eigenvalue weighted by Gasteiger charge is 2.18. The zero-order valence-corrected chi connectivity index (χ0v) is 17.6. The highest BCUT2D eigenvalue weighted by atomic mass is 16.7. The summed E-state index contributed by atoms with van der Waals surface area (Å²) in [7, 11) is 0. The van der Waals surface area contributed by atoms with Gasteiger partial charge in [0.1, 0.15) is 12.4 Å². The van der Waals surface area contributed by atoms with Gasteiger partial charge in [0.05, 0.1) is 0 Å². The van der Waals surface area contributed by atoms with E-state index < -0.39 is 0 Å². The van der Waals surface area contributed by atoms with Crippen molar-refractivity contribution in [3.05, 3.63) is 89.6 Å². The molecule has 3 aromatic carbocycles. The first kappa shape index (κ1) is 20.4. The molecule has 1 aromatic heterocycles. The molecule has 2 heterocycles. The van der Waals surface area contributed by atoms with Gasteiger partial charge in [-0.15, -0.1) is 10.2 Å². The number of aromatic amines is 1. The van der Waals surface area contributed by atoms with E-state index in [1.54, 1.807) is 0 Å². The van der Waals surface area contributed by atoms with E-state index >= 15 is 0 Å². The molecular weight excluding hydrogens is 422 g/mol. The highest BCUT2D eigenvalue weighted by Crippen LogP contribution is 2.32. The van der Waals surface area contributed by atoms with Gasteiger partial charge >= 0.3 is 0 Å². The lowest BCUT2D eigenvalue weighted by molar-refractivity contribution is 0.0946. The van der Waals surface area contributed by atoms with Crippen molar-refractivity contribution in [2.75, 3.05) is 12.1 Å². The second kappa shape index (κ2) is 9.31. The molecule has 9 nitrogen and oxygen atoms in total. The Balaban J connectivity index is 1.17. The molecule has 0 fully saturated rings. The summed E-state index contributed by atoms with van der Waals surface area (Å²) >= 11 is 0. The smallest absolute Gasteiger partial charge is 0.275 e. The van der Waals surface area contributed by atoms with E-state index in [1.807, 2.05) is 72.8 Å². The Labute approximate surface area is 189 Å². The van der Waals surface area contributed by atoms with Crippen molar-refractivity contribution in [3.8, 4) is 17.2 Å². The van der Waals surface area contributed by atoms with Crippen LogP contribution in [0.4, 0.5) is 11.5 Å². The fourth-order valence-electron chi connectivity index (χ4n) is 3.31. The van der Waals surface area contributed by atoms with Gasteiger partial charge in [-0.3, -0.25) is 4.79 Å². The number of nitrogens with zero attached hydrogens (tertiary/aromatic N) is 2. The number of carbonyl (C=O) groups excluding carboxylic acids is 1. The van der Waals surface area contributed by atoms with E-state index in [9.17, 15) is 4.79 Å². The van der Waals surface area contributed by atoms with Crippen molar-refractivity contribution in [1.29, 1.82) is 0 Å². The molecule has 166 valence electrons. The largest absolute Gasteiger partial charge is 0.489 e. The molecule has 33 heavy (non-hydrogen) atoms. The summed E-state index contributed by atoms with van der Waals surface area (Å²) in [6, 6.07) is 22.9. The van der Waals surface area contributed by atoms with E-state index in [1.165, 1.54) is 0 Å². The number of nitrogens with one attached hydrogen (secondary N) is 3. The number of carbonyl (C=O) groups is 1. The van der Waals surface area contributed by atoms with Gasteiger partial charge in [0, 0.05) is 12.2 Å². The fraction of sp³-hybridized carbons (Fsp3) is 0.125. The van der Waals surface area contributed by atoms with E-state index in [0.717, 1.165) is 22.6 Å². The molecule has 0 saturated carbocycles. The van der Waals surface area contributed by atoms with Crippen LogP contribution >= 0.6 is 0 Å². The molecule has 1 amide bonds. The van der Waals surface area contributed by atoms with Gasteiger partial charge in [-0.2, -0.15) is 5.21 Å². The number of fused-ring (bicyclic) bond motifs is 1. The number of H-pyrrole nitrogens is 1. The van der Waals surface area contributed by atoms with Crippen LogP contribution in [0.15, 0.2) is 72.8 Å². The Morgan fingerprint density at radius 2 is 1.76 bits per heavy atom. The Kier molecular flexibility index (Phi) is 5.75. The number of ether oxygens (including phenoxy) is 3. The minimum atomic E-state index is -0.355. The van der Waals surface area contributed by atoms with Crippen molar-refractivity contribution in [2.24, 2.45) is 0 Å². The van der Waals surface area contributed by atoms with Gasteiger partial charge in [0.15, 0.2) is 23.0 Å². The molecule has 0 aliphatic carbocycles. The average molecular weight is 443 g/mol. The van der Waals surface area contributed by atoms with Gasteiger partial charge < -0.3 is 24.8 Å². The molecular formula is C24H21N5O4. The molecule has 9 heteroatoms. The maximum atomic E-state index is 12.6. The van der Waals surface area contributed by atoms with Crippen LogP contribution in [0.3, 0.4) is 0 Å². The second-order valence-electron chi connectivity index (χ2n) is 7.31. The first-order valence-electron chi connectivity index (χ1n) is 10.4. The molecule has 0 radical (unpaired) electrons. The van der Waals surface area contributed by atoms with Crippen molar-refractivity contribution in [1.82, 2.24) is 20.7 Å². The van der Waals surface area contributed by atoms with Gasteiger partial charge in [-0.25, -0.2) is 0 Å². The van der Waals surface area contributed by atoms with E-state index in [2.05, 4.69) is 26.0 Å². The normalized spacial score (nSPS) is 11.8. The van der Waals surface area contributed by atoms with Gasteiger partial charge in [0.25, 0.3) is 5.91 Å². The number of amides is 1. The SMILES string of the molecule is O=C(NCc1ccc2c(c1)OCO2)c1n[nH]nc1Nc1ccc(OCc2ccccc2)cc1. The Morgan fingerprint density at radius 3 is 2.61 bits per heavy atom. The number of hydrogen-bond donors (Lipinski definition) is 3. The molecule has 1 aliphatic rings. The molecule has 1 aliphatic heterocycles. The predicted molar refractivity (Wildman–Crippen MR) is 121 cm³/mol.